The molecule has 1 aromatic heterocycles. The number of nitrogen functional groups attached to an aromatic ring is 1. The van der Waals surface area contributed by atoms with Gasteiger partial charge in [0, 0.05) is 6.54 Å². The molecule has 1 rings (SSSR count). The first-order valence-electron chi connectivity index (χ1n) is 3.63. The second kappa shape index (κ2) is 3.70. The molecule has 0 saturated carbocycles. The van der Waals surface area contributed by atoms with Crippen molar-refractivity contribution < 1.29 is 17.9 Å². The van der Waals surface area contributed by atoms with Gasteiger partial charge in [0.1, 0.15) is 0 Å². The van der Waals surface area contributed by atoms with Crippen LogP contribution in [0.3, 0.4) is 0 Å². The molecule has 1 aromatic rings. The third kappa shape index (κ3) is 2.77. The van der Waals surface area contributed by atoms with Crippen molar-refractivity contribution >= 4 is 5.82 Å². The van der Waals surface area contributed by atoms with Gasteiger partial charge in [-0.25, -0.2) is 4.98 Å². The molecule has 1 heterocycles. The van der Waals surface area contributed by atoms with Crippen LogP contribution in [-0.4, -0.2) is 11.3 Å². The quantitative estimate of drug-likeness (QED) is 0.759. The number of nitrogens with two attached hydrogens (primary N) is 2. The highest BCUT2D eigenvalue weighted by Gasteiger charge is 2.32. The van der Waals surface area contributed by atoms with Gasteiger partial charge in [0.05, 0.1) is 5.69 Å². The van der Waals surface area contributed by atoms with Gasteiger partial charge < -0.3 is 16.2 Å². The second-order valence-corrected chi connectivity index (χ2v) is 2.44. The number of nitrogens with zero attached hydrogens (tertiary/aromatic N) is 1. The van der Waals surface area contributed by atoms with E-state index in [1.165, 1.54) is 6.07 Å². The van der Waals surface area contributed by atoms with E-state index in [1.807, 2.05) is 0 Å². The molecular weight excluding hydrogens is 199 g/mol. The molecule has 0 unspecified atom stereocenters. The van der Waals surface area contributed by atoms with Crippen LogP contribution in [0.5, 0.6) is 5.75 Å². The summed E-state index contributed by atoms with van der Waals surface area (Å²) < 4.78 is 38.9. The van der Waals surface area contributed by atoms with E-state index in [0.717, 1.165) is 6.07 Å². The van der Waals surface area contributed by atoms with Crippen LogP contribution in [-0.2, 0) is 6.54 Å². The molecule has 14 heavy (non-hydrogen) atoms. The van der Waals surface area contributed by atoms with Gasteiger partial charge in [0.2, 0.25) is 0 Å². The molecule has 0 aliphatic rings. The van der Waals surface area contributed by atoms with Crippen LogP contribution in [0.1, 0.15) is 5.69 Å². The highest BCUT2D eigenvalue weighted by atomic mass is 19.4. The zero-order chi connectivity index (χ0) is 10.8. The summed E-state index contributed by atoms with van der Waals surface area (Å²) in [4.78, 5) is 3.60. The number of hydrogen-bond acceptors (Lipinski definition) is 4. The van der Waals surface area contributed by atoms with Gasteiger partial charge in [0.25, 0.3) is 0 Å². The summed E-state index contributed by atoms with van der Waals surface area (Å²) >= 11 is 0. The number of alkyl halides is 3. The van der Waals surface area contributed by atoms with Crippen LogP contribution >= 0.6 is 0 Å². The molecule has 0 bridgehead atoms. The zero-order valence-electron chi connectivity index (χ0n) is 7.01. The fourth-order valence-electron chi connectivity index (χ4n) is 0.829. The molecule has 4 nitrogen and oxygen atoms in total. The van der Waals surface area contributed by atoms with Gasteiger partial charge in [0.15, 0.2) is 11.6 Å². The predicted molar refractivity (Wildman–Crippen MR) is 43.2 cm³/mol. The lowest BCUT2D eigenvalue weighted by Gasteiger charge is -2.10. The molecule has 0 fully saturated rings. The summed E-state index contributed by atoms with van der Waals surface area (Å²) in [5.41, 5.74) is 10.8. The topological polar surface area (TPSA) is 74.2 Å². The zero-order valence-corrected chi connectivity index (χ0v) is 7.01. The van der Waals surface area contributed by atoms with Gasteiger partial charge in [-0.05, 0) is 12.1 Å². The molecular formula is C7H8F3N3O. The fourth-order valence-corrected chi connectivity index (χ4v) is 0.829. The molecule has 0 aliphatic carbocycles. The van der Waals surface area contributed by atoms with Crippen LogP contribution in [0.25, 0.3) is 0 Å². The Labute approximate surface area is 77.7 Å². The molecule has 4 N–H and O–H groups in total. The van der Waals surface area contributed by atoms with Gasteiger partial charge >= 0.3 is 6.36 Å². The average molecular weight is 207 g/mol. The number of halogens is 3. The Kier molecular flexibility index (Phi) is 2.80. The highest BCUT2D eigenvalue weighted by molar-refractivity contribution is 5.46. The lowest BCUT2D eigenvalue weighted by molar-refractivity contribution is -0.274. The van der Waals surface area contributed by atoms with Gasteiger partial charge in [-0.3, -0.25) is 0 Å². The van der Waals surface area contributed by atoms with Gasteiger partial charge in [-0.1, -0.05) is 0 Å². The van der Waals surface area contributed by atoms with Crippen LogP contribution in [0.4, 0.5) is 19.0 Å². The highest BCUT2D eigenvalue weighted by Crippen LogP contribution is 2.26. The SMILES string of the molecule is NCc1ccc(OC(F)(F)F)c(N)n1. The van der Waals surface area contributed by atoms with E-state index in [0.29, 0.717) is 5.69 Å². The summed E-state index contributed by atoms with van der Waals surface area (Å²) in [6.45, 7) is 0.108. The number of hydrogen-bond donors (Lipinski definition) is 2. The van der Waals surface area contributed by atoms with Crippen LogP contribution in [0, 0.1) is 0 Å². The first-order valence-corrected chi connectivity index (χ1v) is 3.63. The van der Waals surface area contributed by atoms with Crippen LogP contribution < -0.4 is 16.2 Å². The maximum absolute atomic E-state index is 11.8. The van der Waals surface area contributed by atoms with Crippen LogP contribution in [0.15, 0.2) is 12.1 Å². The van der Waals surface area contributed by atoms with E-state index in [4.69, 9.17) is 11.5 Å². The van der Waals surface area contributed by atoms with Gasteiger partial charge in [-0.2, -0.15) is 0 Å². The lowest BCUT2D eigenvalue weighted by atomic mass is 10.3. The minimum atomic E-state index is -4.76. The summed E-state index contributed by atoms with van der Waals surface area (Å²) in [5.74, 6) is -0.847. The maximum atomic E-state index is 11.8. The predicted octanol–water partition coefficient (Wildman–Crippen LogP) is 1.02. The normalized spacial score (nSPS) is 11.4. The fraction of sp³-hybridized carbons (Fsp3) is 0.286. The van der Waals surface area contributed by atoms with Crippen LogP contribution in [0.2, 0.25) is 0 Å². The second-order valence-electron chi connectivity index (χ2n) is 2.44. The summed E-state index contributed by atoms with van der Waals surface area (Å²) in [6.07, 6.45) is -4.76. The smallest absolute Gasteiger partial charge is 0.402 e. The average Bonchev–Trinajstić information content (AvgIpc) is 2.06. The molecule has 0 saturated heterocycles. The molecule has 0 spiro atoms. The third-order valence-electron chi connectivity index (χ3n) is 1.38. The Morgan fingerprint density at radius 3 is 2.43 bits per heavy atom. The molecule has 0 radical (unpaired) electrons. The number of pyridine rings is 1. The Morgan fingerprint density at radius 2 is 2.00 bits per heavy atom. The van der Waals surface area contributed by atoms with Crippen molar-refractivity contribution in [3.05, 3.63) is 17.8 Å². The number of aromatic nitrogens is 1. The van der Waals surface area contributed by atoms with E-state index < -0.39 is 12.1 Å². The Bertz CT molecular complexity index is 326. The monoisotopic (exact) mass is 207 g/mol. The van der Waals surface area contributed by atoms with E-state index in [2.05, 4.69) is 9.72 Å². The maximum Gasteiger partial charge on any atom is 0.573 e. The molecule has 0 atom stereocenters. The van der Waals surface area contributed by atoms with Crippen molar-refractivity contribution in [2.75, 3.05) is 5.73 Å². The lowest BCUT2D eigenvalue weighted by Crippen LogP contribution is -2.18. The molecule has 0 amide bonds. The third-order valence-corrected chi connectivity index (χ3v) is 1.38. The summed E-state index contributed by atoms with van der Waals surface area (Å²) in [6, 6.07) is 2.40. The summed E-state index contributed by atoms with van der Waals surface area (Å²) in [5, 5.41) is 0. The number of ether oxygens (including phenoxy) is 1. The standard InChI is InChI=1S/C7H8F3N3O/c8-7(9,10)14-5-2-1-4(3-11)13-6(5)12/h1-2H,3,11H2,(H2,12,13). The minimum absolute atomic E-state index is 0.108. The molecule has 0 aliphatic heterocycles. The van der Waals surface area contributed by atoms with E-state index in [-0.39, 0.29) is 12.4 Å². The van der Waals surface area contributed by atoms with Crippen molar-refractivity contribution in [3.63, 3.8) is 0 Å². The largest absolute Gasteiger partial charge is 0.573 e. The first kappa shape index (κ1) is 10.6. The Balaban J connectivity index is 2.89. The van der Waals surface area contributed by atoms with Gasteiger partial charge in [-0.15, -0.1) is 13.2 Å². The summed E-state index contributed by atoms with van der Waals surface area (Å²) in [7, 11) is 0. The van der Waals surface area contributed by atoms with Crippen molar-refractivity contribution in [3.8, 4) is 5.75 Å². The van der Waals surface area contributed by atoms with Crippen molar-refractivity contribution in [2.45, 2.75) is 12.9 Å². The Morgan fingerprint density at radius 1 is 1.36 bits per heavy atom. The molecule has 0 aromatic carbocycles. The number of rotatable bonds is 2. The van der Waals surface area contributed by atoms with Crippen molar-refractivity contribution in [1.29, 1.82) is 0 Å². The van der Waals surface area contributed by atoms with Crippen molar-refractivity contribution in [1.82, 2.24) is 4.98 Å². The van der Waals surface area contributed by atoms with E-state index in [1.54, 1.807) is 0 Å². The molecule has 7 heteroatoms. The van der Waals surface area contributed by atoms with E-state index in [9.17, 15) is 13.2 Å². The minimum Gasteiger partial charge on any atom is -0.402 e. The number of anilines is 1. The first-order chi connectivity index (χ1) is 6.42. The van der Waals surface area contributed by atoms with E-state index >= 15 is 0 Å². The Hall–Kier alpha value is -1.50. The van der Waals surface area contributed by atoms with Crippen molar-refractivity contribution in [2.24, 2.45) is 5.73 Å². The molecule has 78 valence electrons.